The van der Waals surface area contributed by atoms with Crippen molar-refractivity contribution in [3.63, 3.8) is 0 Å². The van der Waals surface area contributed by atoms with Gasteiger partial charge in [0.25, 0.3) is 0 Å². The molecule has 3 N–H and O–H groups in total. The van der Waals surface area contributed by atoms with Gasteiger partial charge in [0.15, 0.2) is 5.78 Å². The maximum absolute atomic E-state index is 11.5. The van der Waals surface area contributed by atoms with Gasteiger partial charge >= 0.3 is 0 Å². The molecule has 3 heteroatoms. The third-order valence-electron chi connectivity index (χ3n) is 2.42. The number of nitrogens with two attached hydrogens (primary N) is 1. The molecule has 0 fully saturated rings. The molecule has 0 aromatic heterocycles. The van der Waals surface area contributed by atoms with E-state index >= 15 is 0 Å². The predicted molar refractivity (Wildman–Crippen MR) is 48.7 cm³/mol. The molecule has 3 nitrogen and oxygen atoms in total. The van der Waals surface area contributed by atoms with Crippen LogP contribution in [0, 0.1) is 0 Å². The summed E-state index contributed by atoms with van der Waals surface area (Å²) in [5, 5.41) is 9.20. The minimum absolute atomic E-state index is 0.0582. The maximum Gasteiger partial charge on any atom is 0.179 e. The molecule has 0 saturated carbocycles. The van der Waals surface area contributed by atoms with E-state index in [4.69, 9.17) is 5.73 Å². The van der Waals surface area contributed by atoms with E-state index in [1.165, 1.54) is 6.07 Å². The highest BCUT2D eigenvalue weighted by Gasteiger charge is 2.24. The van der Waals surface area contributed by atoms with Crippen molar-refractivity contribution in [1.29, 1.82) is 0 Å². The first kappa shape index (κ1) is 8.26. The van der Waals surface area contributed by atoms with Crippen molar-refractivity contribution in [3.8, 4) is 5.75 Å². The molecular formula is C10H11NO2. The molecule has 0 saturated heterocycles. The number of carbonyl (C=O) groups is 1. The third-order valence-corrected chi connectivity index (χ3v) is 2.42. The predicted octanol–water partition coefficient (Wildman–Crippen LogP) is 0.848. The van der Waals surface area contributed by atoms with Crippen LogP contribution in [0.5, 0.6) is 5.75 Å². The number of rotatable bonds is 0. The highest BCUT2D eigenvalue weighted by Crippen LogP contribution is 2.24. The molecule has 68 valence electrons. The van der Waals surface area contributed by atoms with Gasteiger partial charge in [-0.3, -0.25) is 4.79 Å². The van der Waals surface area contributed by atoms with Crippen LogP contribution < -0.4 is 5.73 Å². The zero-order chi connectivity index (χ0) is 9.42. The Bertz CT molecular complexity index is 360. The van der Waals surface area contributed by atoms with Gasteiger partial charge in [-0.2, -0.15) is 0 Å². The molecule has 0 radical (unpaired) electrons. The molecule has 1 aromatic rings. The monoisotopic (exact) mass is 177 g/mol. The van der Waals surface area contributed by atoms with Crippen molar-refractivity contribution in [2.24, 2.45) is 5.73 Å². The Balaban J connectivity index is 2.51. The molecule has 0 aliphatic heterocycles. The second-order valence-corrected chi connectivity index (χ2v) is 3.35. The molecule has 1 atom stereocenters. The first-order valence-corrected chi connectivity index (χ1v) is 4.30. The Labute approximate surface area is 76.2 Å². The number of phenolic OH excluding ortho intramolecular Hbond substituents is 1. The number of carbonyl (C=O) groups excluding carboxylic acids is 1. The summed E-state index contributed by atoms with van der Waals surface area (Å²) in [4.78, 5) is 11.5. The summed E-state index contributed by atoms with van der Waals surface area (Å²) in [6.07, 6.45) is 1.53. The van der Waals surface area contributed by atoms with Crippen LogP contribution >= 0.6 is 0 Å². The summed E-state index contributed by atoms with van der Waals surface area (Å²) in [6.45, 7) is 0. The van der Waals surface area contributed by atoms with Gasteiger partial charge in [-0.15, -0.1) is 0 Å². The van der Waals surface area contributed by atoms with Gasteiger partial charge in [0, 0.05) is 5.56 Å². The quantitative estimate of drug-likeness (QED) is 0.617. The van der Waals surface area contributed by atoms with E-state index in [0.717, 1.165) is 12.0 Å². The van der Waals surface area contributed by atoms with Crippen molar-refractivity contribution < 1.29 is 9.90 Å². The lowest BCUT2D eigenvalue weighted by atomic mass is 9.87. The van der Waals surface area contributed by atoms with Gasteiger partial charge in [-0.05, 0) is 30.5 Å². The van der Waals surface area contributed by atoms with Gasteiger partial charge in [0.1, 0.15) is 5.75 Å². The molecule has 13 heavy (non-hydrogen) atoms. The highest BCUT2D eigenvalue weighted by atomic mass is 16.3. The summed E-state index contributed by atoms with van der Waals surface area (Å²) in [7, 11) is 0. The number of ketones is 1. The van der Waals surface area contributed by atoms with Crippen molar-refractivity contribution in [1.82, 2.24) is 0 Å². The summed E-state index contributed by atoms with van der Waals surface area (Å²) < 4.78 is 0. The fourth-order valence-corrected chi connectivity index (χ4v) is 1.65. The van der Waals surface area contributed by atoms with Crippen LogP contribution in [0.3, 0.4) is 0 Å². The van der Waals surface area contributed by atoms with E-state index in [1.807, 2.05) is 0 Å². The van der Waals surface area contributed by atoms with Gasteiger partial charge in [0.05, 0.1) is 6.04 Å². The summed E-state index contributed by atoms with van der Waals surface area (Å²) in [5.74, 6) is 0.0679. The number of Topliss-reactive ketones (excluding diaryl/α,β-unsaturated/α-hetero) is 1. The smallest absolute Gasteiger partial charge is 0.179 e. The molecule has 0 spiro atoms. The molecule has 1 aromatic carbocycles. The SMILES string of the molecule is NC1CCc2ccc(O)cc2C1=O. The van der Waals surface area contributed by atoms with Crippen LogP contribution in [0.2, 0.25) is 0 Å². The van der Waals surface area contributed by atoms with Crippen LogP contribution in [0.15, 0.2) is 18.2 Å². The van der Waals surface area contributed by atoms with Crippen molar-refractivity contribution in [2.75, 3.05) is 0 Å². The van der Waals surface area contributed by atoms with Gasteiger partial charge < -0.3 is 10.8 Å². The van der Waals surface area contributed by atoms with E-state index in [1.54, 1.807) is 12.1 Å². The average molecular weight is 177 g/mol. The normalized spacial score (nSPS) is 21.3. The van der Waals surface area contributed by atoms with Gasteiger partial charge in [-0.1, -0.05) is 6.07 Å². The summed E-state index contributed by atoms with van der Waals surface area (Å²) >= 11 is 0. The average Bonchev–Trinajstić information content (AvgIpc) is 2.12. The lowest BCUT2D eigenvalue weighted by molar-refractivity contribution is 0.0948. The second kappa shape index (κ2) is 2.85. The van der Waals surface area contributed by atoms with Crippen LogP contribution in [0.25, 0.3) is 0 Å². The first-order chi connectivity index (χ1) is 6.18. The Hall–Kier alpha value is -1.35. The molecule has 2 rings (SSSR count). The van der Waals surface area contributed by atoms with E-state index in [9.17, 15) is 9.90 Å². The fourth-order valence-electron chi connectivity index (χ4n) is 1.65. The van der Waals surface area contributed by atoms with E-state index in [2.05, 4.69) is 0 Å². The minimum atomic E-state index is -0.394. The lowest BCUT2D eigenvalue weighted by Gasteiger charge is -2.19. The molecular weight excluding hydrogens is 166 g/mol. The number of hydrogen-bond acceptors (Lipinski definition) is 3. The summed E-state index contributed by atoms with van der Waals surface area (Å²) in [5.41, 5.74) is 7.18. The largest absolute Gasteiger partial charge is 0.508 e. The first-order valence-electron chi connectivity index (χ1n) is 4.30. The Morgan fingerprint density at radius 1 is 1.46 bits per heavy atom. The Kier molecular flexibility index (Phi) is 1.81. The number of benzene rings is 1. The van der Waals surface area contributed by atoms with E-state index in [-0.39, 0.29) is 11.5 Å². The van der Waals surface area contributed by atoms with Gasteiger partial charge in [0.2, 0.25) is 0 Å². The molecule has 0 amide bonds. The third kappa shape index (κ3) is 1.31. The van der Waals surface area contributed by atoms with E-state index in [0.29, 0.717) is 12.0 Å². The second-order valence-electron chi connectivity index (χ2n) is 3.35. The zero-order valence-electron chi connectivity index (χ0n) is 7.16. The Morgan fingerprint density at radius 3 is 3.00 bits per heavy atom. The molecule has 0 heterocycles. The number of aryl methyl sites for hydroxylation is 1. The van der Waals surface area contributed by atoms with Crippen LogP contribution in [0.1, 0.15) is 22.3 Å². The maximum atomic E-state index is 11.5. The van der Waals surface area contributed by atoms with Crippen molar-refractivity contribution >= 4 is 5.78 Å². The fraction of sp³-hybridized carbons (Fsp3) is 0.300. The number of hydrogen-bond donors (Lipinski definition) is 2. The number of fused-ring (bicyclic) bond motifs is 1. The number of phenols is 1. The molecule has 0 bridgehead atoms. The topological polar surface area (TPSA) is 63.3 Å². The molecule has 1 unspecified atom stereocenters. The number of aromatic hydroxyl groups is 1. The standard InChI is InChI=1S/C10H11NO2/c11-9-4-2-6-1-3-7(12)5-8(6)10(9)13/h1,3,5,9,12H,2,4,11H2. The minimum Gasteiger partial charge on any atom is -0.508 e. The Morgan fingerprint density at radius 2 is 2.23 bits per heavy atom. The highest BCUT2D eigenvalue weighted by molar-refractivity contribution is 6.02. The van der Waals surface area contributed by atoms with Crippen molar-refractivity contribution in [2.45, 2.75) is 18.9 Å². The zero-order valence-corrected chi connectivity index (χ0v) is 7.16. The van der Waals surface area contributed by atoms with Crippen LogP contribution in [-0.4, -0.2) is 16.9 Å². The molecule has 1 aliphatic rings. The lowest BCUT2D eigenvalue weighted by Crippen LogP contribution is -2.35. The van der Waals surface area contributed by atoms with E-state index < -0.39 is 6.04 Å². The molecule has 1 aliphatic carbocycles. The van der Waals surface area contributed by atoms with Crippen LogP contribution in [0.4, 0.5) is 0 Å². The van der Waals surface area contributed by atoms with Crippen LogP contribution in [-0.2, 0) is 6.42 Å². The van der Waals surface area contributed by atoms with Gasteiger partial charge in [-0.25, -0.2) is 0 Å². The summed E-state index contributed by atoms with van der Waals surface area (Å²) in [6, 6.07) is 4.49. The van der Waals surface area contributed by atoms with Crippen molar-refractivity contribution in [3.05, 3.63) is 29.3 Å².